The lowest BCUT2D eigenvalue weighted by Crippen LogP contribution is -2.58. The number of ketones is 1. The molecule has 0 unspecified atom stereocenters. The monoisotopic (exact) mass is 389 g/mol. The van der Waals surface area contributed by atoms with Crippen LogP contribution in [0.1, 0.15) is 59.2 Å². The van der Waals surface area contributed by atoms with E-state index >= 15 is 0 Å². The standard InChI is InChI=1S/C23H27N5O/c1-15-12-16(2)14-17(13-15)20(29)18-8-4-5-9-19(18)28-22(25)26-21(24)27-23(28)10-6-3-7-11-23/h4-5,8-9,12-14H,3,6-7,10-11H2,1-2H3,(H4,24,25,26,27). The molecule has 29 heavy (non-hydrogen) atoms. The van der Waals surface area contributed by atoms with Crippen LogP contribution in [0.25, 0.3) is 0 Å². The number of nitrogens with two attached hydrogens (primary N) is 2. The maximum Gasteiger partial charge on any atom is 0.220 e. The quantitative estimate of drug-likeness (QED) is 0.783. The highest BCUT2D eigenvalue weighted by Crippen LogP contribution is 2.40. The summed E-state index contributed by atoms with van der Waals surface area (Å²) in [7, 11) is 0. The highest BCUT2D eigenvalue weighted by Gasteiger charge is 2.43. The van der Waals surface area contributed by atoms with Gasteiger partial charge in [-0.15, -0.1) is 0 Å². The molecule has 1 heterocycles. The van der Waals surface area contributed by atoms with Crippen LogP contribution in [0.15, 0.2) is 52.4 Å². The van der Waals surface area contributed by atoms with Crippen molar-refractivity contribution < 1.29 is 4.79 Å². The van der Waals surface area contributed by atoms with Crippen LogP contribution in [-0.4, -0.2) is 23.4 Å². The zero-order chi connectivity index (χ0) is 20.6. The fourth-order valence-corrected chi connectivity index (χ4v) is 4.59. The molecule has 4 N–H and O–H groups in total. The van der Waals surface area contributed by atoms with Gasteiger partial charge in [0.05, 0.1) is 5.69 Å². The number of carbonyl (C=O) groups excluding carboxylic acids is 1. The molecule has 0 atom stereocenters. The van der Waals surface area contributed by atoms with Crippen LogP contribution < -0.4 is 16.4 Å². The second-order valence-corrected chi connectivity index (χ2v) is 8.04. The average Bonchev–Trinajstić information content (AvgIpc) is 2.67. The minimum atomic E-state index is -0.576. The molecule has 1 aliphatic carbocycles. The maximum atomic E-state index is 13.5. The van der Waals surface area contributed by atoms with Crippen molar-refractivity contribution in [2.45, 2.75) is 51.6 Å². The molecule has 2 aromatic carbocycles. The highest BCUT2D eigenvalue weighted by atomic mass is 16.1. The Morgan fingerprint density at radius 1 is 1.00 bits per heavy atom. The van der Waals surface area contributed by atoms with Gasteiger partial charge in [0.1, 0.15) is 5.66 Å². The number of hydrogen-bond acceptors (Lipinski definition) is 6. The summed E-state index contributed by atoms with van der Waals surface area (Å²) in [5.74, 6) is 0.465. The van der Waals surface area contributed by atoms with Gasteiger partial charge < -0.3 is 11.5 Å². The molecule has 1 spiro atoms. The van der Waals surface area contributed by atoms with E-state index in [4.69, 9.17) is 16.5 Å². The summed E-state index contributed by atoms with van der Waals surface area (Å²) in [4.78, 5) is 24.4. The number of para-hydroxylation sites is 1. The number of anilines is 1. The van der Waals surface area contributed by atoms with Crippen molar-refractivity contribution in [2.75, 3.05) is 4.90 Å². The Kier molecular flexibility index (Phi) is 4.86. The SMILES string of the molecule is Cc1cc(C)cc(C(=O)c2ccccc2N2C(N)=NC(N)=NC23CCCCC3)c1. The molecule has 0 amide bonds. The van der Waals surface area contributed by atoms with E-state index in [-0.39, 0.29) is 11.7 Å². The molecule has 0 bridgehead atoms. The molecule has 0 radical (unpaired) electrons. The van der Waals surface area contributed by atoms with Gasteiger partial charge in [-0.3, -0.25) is 9.69 Å². The van der Waals surface area contributed by atoms with Crippen LogP contribution in [0.3, 0.4) is 0 Å². The molecule has 150 valence electrons. The predicted molar refractivity (Wildman–Crippen MR) is 117 cm³/mol. The van der Waals surface area contributed by atoms with Crippen molar-refractivity contribution in [1.29, 1.82) is 0 Å². The first-order chi connectivity index (χ1) is 13.9. The molecule has 0 saturated heterocycles. The van der Waals surface area contributed by atoms with Crippen LogP contribution in [0.4, 0.5) is 5.69 Å². The Morgan fingerprint density at radius 3 is 2.34 bits per heavy atom. The van der Waals surface area contributed by atoms with E-state index in [1.807, 2.05) is 55.1 Å². The molecule has 1 saturated carbocycles. The Morgan fingerprint density at radius 2 is 1.66 bits per heavy atom. The molecule has 4 rings (SSSR count). The van der Waals surface area contributed by atoms with Crippen molar-refractivity contribution in [2.24, 2.45) is 21.5 Å². The lowest BCUT2D eigenvalue weighted by Gasteiger charge is -2.46. The third-order valence-corrected chi connectivity index (χ3v) is 5.72. The Hall–Kier alpha value is -3.15. The van der Waals surface area contributed by atoms with Crippen molar-refractivity contribution in [3.8, 4) is 0 Å². The number of aryl methyl sites for hydroxylation is 2. The molecule has 0 aromatic heterocycles. The van der Waals surface area contributed by atoms with Crippen LogP contribution in [0, 0.1) is 13.8 Å². The molecule has 1 fully saturated rings. The molecule has 6 nitrogen and oxygen atoms in total. The zero-order valence-electron chi connectivity index (χ0n) is 17.0. The molecule has 2 aliphatic rings. The van der Waals surface area contributed by atoms with E-state index in [2.05, 4.69) is 11.1 Å². The summed E-state index contributed by atoms with van der Waals surface area (Å²) >= 11 is 0. The van der Waals surface area contributed by atoms with Gasteiger partial charge in [0.2, 0.25) is 11.9 Å². The first-order valence-electron chi connectivity index (χ1n) is 10.1. The molecule has 1 aliphatic heterocycles. The van der Waals surface area contributed by atoms with Gasteiger partial charge in [-0.25, -0.2) is 4.99 Å². The van der Waals surface area contributed by atoms with Crippen LogP contribution in [-0.2, 0) is 0 Å². The van der Waals surface area contributed by atoms with E-state index in [0.717, 1.165) is 48.9 Å². The minimum Gasteiger partial charge on any atom is -0.369 e. The van der Waals surface area contributed by atoms with Crippen molar-refractivity contribution >= 4 is 23.4 Å². The van der Waals surface area contributed by atoms with E-state index in [9.17, 15) is 4.79 Å². The number of nitrogens with zero attached hydrogens (tertiary/aromatic N) is 3. The van der Waals surface area contributed by atoms with Gasteiger partial charge >= 0.3 is 0 Å². The van der Waals surface area contributed by atoms with Gasteiger partial charge in [0, 0.05) is 11.1 Å². The first kappa shape index (κ1) is 19.2. The second kappa shape index (κ2) is 7.35. The fraction of sp³-hybridized carbons (Fsp3) is 0.348. The normalized spacial score (nSPS) is 18.3. The third kappa shape index (κ3) is 3.50. The zero-order valence-corrected chi connectivity index (χ0v) is 17.0. The summed E-state index contributed by atoms with van der Waals surface area (Å²) < 4.78 is 0. The van der Waals surface area contributed by atoms with E-state index in [1.165, 1.54) is 0 Å². The highest BCUT2D eigenvalue weighted by molar-refractivity contribution is 6.16. The molecular formula is C23H27N5O. The minimum absolute atomic E-state index is 0.0336. The largest absolute Gasteiger partial charge is 0.369 e. The number of aliphatic imine (C=N–C) groups is 2. The lowest BCUT2D eigenvalue weighted by atomic mass is 9.86. The van der Waals surface area contributed by atoms with Crippen molar-refractivity contribution in [1.82, 2.24) is 0 Å². The van der Waals surface area contributed by atoms with Crippen molar-refractivity contribution in [3.63, 3.8) is 0 Å². The number of benzene rings is 2. The van der Waals surface area contributed by atoms with Gasteiger partial charge in [-0.1, -0.05) is 35.7 Å². The topological polar surface area (TPSA) is 97.1 Å². The number of hydrogen-bond donors (Lipinski definition) is 2. The summed E-state index contributed by atoms with van der Waals surface area (Å²) in [6.45, 7) is 4.00. The second-order valence-electron chi connectivity index (χ2n) is 8.04. The molecular weight excluding hydrogens is 362 g/mol. The number of guanidine groups is 2. The van der Waals surface area contributed by atoms with Crippen LogP contribution in [0.2, 0.25) is 0 Å². The average molecular weight is 390 g/mol. The summed E-state index contributed by atoms with van der Waals surface area (Å²) in [5.41, 5.74) is 15.9. The van der Waals surface area contributed by atoms with Gasteiger partial charge in [-0.2, -0.15) is 4.99 Å². The summed E-state index contributed by atoms with van der Waals surface area (Å²) in [6, 6.07) is 13.5. The van der Waals surface area contributed by atoms with E-state index < -0.39 is 5.66 Å². The Labute approximate surface area is 171 Å². The lowest BCUT2D eigenvalue weighted by molar-refractivity contribution is 0.103. The Bertz CT molecular complexity index is 997. The van der Waals surface area contributed by atoms with E-state index in [0.29, 0.717) is 17.1 Å². The smallest absolute Gasteiger partial charge is 0.220 e. The first-order valence-corrected chi connectivity index (χ1v) is 10.1. The fourth-order valence-electron chi connectivity index (χ4n) is 4.59. The number of carbonyl (C=O) groups is 1. The van der Waals surface area contributed by atoms with Gasteiger partial charge in [0.15, 0.2) is 5.78 Å². The van der Waals surface area contributed by atoms with E-state index in [1.54, 1.807) is 0 Å². The Balaban J connectivity index is 1.83. The predicted octanol–water partition coefficient (Wildman–Crippen LogP) is 3.64. The third-order valence-electron chi connectivity index (χ3n) is 5.72. The maximum absolute atomic E-state index is 13.5. The van der Waals surface area contributed by atoms with Crippen LogP contribution >= 0.6 is 0 Å². The number of rotatable bonds is 3. The van der Waals surface area contributed by atoms with Crippen molar-refractivity contribution in [3.05, 3.63) is 64.7 Å². The summed E-state index contributed by atoms with van der Waals surface area (Å²) in [5, 5.41) is 0. The summed E-state index contributed by atoms with van der Waals surface area (Å²) in [6.07, 6.45) is 4.89. The van der Waals surface area contributed by atoms with Gasteiger partial charge in [0.25, 0.3) is 0 Å². The molecule has 2 aromatic rings. The van der Waals surface area contributed by atoms with Gasteiger partial charge in [-0.05, 0) is 63.8 Å². The van der Waals surface area contributed by atoms with Crippen LogP contribution in [0.5, 0.6) is 0 Å². The molecule has 6 heteroatoms.